The van der Waals surface area contributed by atoms with Crippen molar-refractivity contribution in [2.24, 2.45) is 0 Å². The lowest BCUT2D eigenvalue weighted by Gasteiger charge is -2.35. The Balaban J connectivity index is 1.71. The second-order valence-corrected chi connectivity index (χ2v) is 9.07. The quantitative estimate of drug-likeness (QED) is 0.732. The van der Waals surface area contributed by atoms with E-state index in [1.807, 2.05) is 49.4 Å². The first kappa shape index (κ1) is 18.8. The van der Waals surface area contributed by atoms with E-state index in [0.29, 0.717) is 5.69 Å². The standard InChI is InChI=1S/C22H25N3O2S/c1-17-7-9-18(10-8-17)28(26,27)23-21-11-12-22(20-6-4-3-5-19(20)21)25-15-13-24(2)14-16-25/h3-12,23H,13-16H2,1-2H3. The number of hydrogen-bond acceptors (Lipinski definition) is 4. The van der Waals surface area contributed by atoms with Gasteiger partial charge in [0.1, 0.15) is 0 Å². The Kier molecular flexibility index (Phi) is 5.00. The number of likely N-dealkylation sites (N-methyl/N-ethyl adjacent to an activating group) is 1. The lowest BCUT2D eigenvalue weighted by molar-refractivity contribution is 0.313. The minimum absolute atomic E-state index is 0.269. The van der Waals surface area contributed by atoms with Crippen molar-refractivity contribution in [1.29, 1.82) is 0 Å². The van der Waals surface area contributed by atoms with E-state index in [4.69, 9.17) is 0 Å². The Labute approximate surface area is 166 Å². The molecule has 0 unspecified atom stereocenters. The second-order valence-electron chi connectivity index (χ2n) is 7.39. The maximum atomic E-state index is 12.9. The van der Waals surface area contributed by atoms with Gasteiger partial charge in [-0.3, -0.25) is 4.72 Å². The molecule has 3 aromatic carbocycles. The van der Waals surface area contributed by atoms with Crippen LogP contribution in [-0.2, 0) is 10.0 Å². The van der Waals surface area contributed by atoms with Crippen LogP contribution in [0.1, 0.15) is 5.56 Å². The Bertz CT molecular complexity index is 1090. The summed E-state index contributed by atoms with van der Waals surface area (Å²) in [6, 6.07) is 18.8. The molecule has 0 aliphatic carbocycles. The summed E-state index contributed by atoms with van der Waals surface area (Å²) in [5.74, 6) is 0. The van der Waals surface area contributed by atoms with E-state index in [1.165, 1.54) is 0 Å². The fourth-order valence-corrected chi connectivity index (χ4v) is 4.70. The first-order chi connectivity index (χ1) is 13.4. The normalized spacial score (nSPS) is 15.7. The molecular formula is C22H25N3O2S. The number of piperazine rings is 1. The molecule has 0 amide bonds. The zero-order valence-corrected chi connectivity index (χ0v) is 17.0. The lowest BCUT2D eigenvalue weighted by atomic mass is 10.1. The number of fused-ring (bicyclic) bond motifs is 1. The molecule has 0 aromatic heterocycles. The summed E-state index contributed by atoms with van der Waals surface area (Å²) in [7, 11) is -1.50. The van der Waals surface area contributed by atoms with Gasteiger partial charge >= 0.3 is 0 Å². The summed E-state index contributed by atoms with van der Waals surface area (Å²) in [4.78, 5) is 4.97. The fraction of sp³-hybridized carbons (Fsp3) is 0.273. The summed E-state index contributed by atoms with van der Waals surface area (Å²) < 4.78 is 28.5. The number of anilines is 2. The van der Waals surface area contributed by atoms with Crippen molar-refractivity contribution in [3.8, 4) is 0 Å². The van der Waals surface area contributed by atoms with E-state index < -0.39 is 10.0 Å². The molecule has 0 spiro atoms. The van der Waals surface area contributed by atoms with Crippen LogP contribution in [0.3, 0.4) is 0 Å². The molecule has 1 N–H and O–H groups in total. The third-order valence-corrected chi connectivity index (χ3v) is 6.70. The highest BCUT2D eigenvalue weighted by Gasteiger charge is 2.19. The highest BCUT2D eigenvalue weighted by Crippen LogP contribution is 2.34. The molecular weight excluding hydrogens is 370 g/mol. The van der Waals surface area contributed by atoms with Gasteiger partial charge in [-0.15, -0.1) is 0 Å². The minimum Gasteiger partial charge on any atom is -0.368 e. The number of hydrogen-bond donors (Lipinski definition) is 1. The van der Waals surface area contributed by atoms with Gasteiger partial charge in [0, 0.05) is 42.6 Å². The number of nitrogens with zero attached hydrogens (tertiary/aromatic N) is 2. The van der Waals surface area contributed by atoms with Gasteiger partial charge in [0.25, 0.3) is 10.0 Å². The molecule has 0 bridgehead atoms. The van der Waals surface area contributed by atoms with Crippen LogP contribution in [0, 0.1) is 6.92 Å². The molecule has 1 fully saturated rings. The van der Waals surface area contributed by atoms with Crippen LogP contribution in [-0.4, -0.2) is 46.5 Å². The molecule has 0 atom stereocenters. The van der Waals surface area contributed by atoms with E-state index in [9.17, 15) is 8.42 Å². The molecule has 5 nitrogen and oxygen atoms in total. The summed E-state index contributed by atoms with van der Waals surface area (Å²) in [6.07, 6.45) is 0. The largest absolute Gasteiger partial charge is 0.368 e. The van der Waals surface area contributed by atoms with E-state index in [2.05, 4.69) is 27.6 Å². The highest BCUT2D eigenvalue weighted by molar-refractivity contribution is 7.92. The molecule has 6 heteroatoms. The number of aryl methyl sites for hydroxylation is 1. The topological polar surface area (TPSA) is 52.7 Å². The van der Waals surface area contributed by atoms with Crippen molar-refractivity contribution in [3.63, 3.8) is 0 Å². The second kappa shape index (κ2) is 7.45. The van der Waals surface area contributed by atoms with Gasteiger partial charge in [0.2, 0.25) is 0 Å². The van der Waals surface area contributed by atoms with Crippen LogP contribution >= 0.6 is 0 Å². The van der Waals surface area contributed by atoms with Crippen LogP contribution in [0.2, 0.25) is 0 Å². The summed E-state index contributed by atoms with van der Waals surface area (Å²) in [5.41, 5.74) is 2.79. The van der Waals surface area contributed by atoms with Gasteiger partial charge in [-0.05, 0) is 38.2 Å². The molecule has 1 saturated heterocycles. The third kappa shape index (κ3) is 3.70. The molecule has 3 aromatic rings. The van der Waals surface area contributed by atoms with Crippen LogP contribution in [0.15, 0.2) is 65.6 Å². The predicted octanol–water partition coefficient (Wildman–Crippen LogP) is 3.70. The lowest BCUT2D eigenvalue weighted by Crippen LogP contribution is -2.44. The van der Waals surface area contributed by atoms with Crippen molar-refractivity contribution >= 4 is 32.2 Å². The zero-order valence-electron chi connectivity index (χ0n) is 16.2. The van der Waals surface area contributed by atoms with Crippen LogP contribution < -0.4 is 9.62 Å². The smallest absolute Gasteiger partial charge is 0.261 e. The van der Waals surface area contributed by atoms with Crippen molar-refractivity contribution < 1.29 is 8.42 Å². The molecule has 146 valence electrons. The number of sulfonamides is 1. The van der Waals surface area contributed by atoms with Crippen LogP contribution in [0.5, 0.6) is 0 Å². The first-order valence-corrected chi connectivity index (χ1v) is 11.0. The maximum Gasteiger partial charge on any atom is 0.261 e. The monoisotopic (exact) mass is 395 g/mol. The van der Waals surface area contributed by atoms with E-state index in [0.717, 1.165) is 48.2 Å². The minimum atomic E-state index is -3.64. The average Bonchev–Trinajstić information content (AvgIpc) is 2.69. The molecule has 0 saturated carbocycles. The predicted molar refractivity (Wildman–Crippen MR) is 116 cm³/mol. The average molecular weight is 396 g/mol. The third-order valence-electron chi connectivity index (χ3n) is 5.32. The SMILES string of the molecule is Cc1ccc(S(=O)(=O)Nc2ccc(N3CCN(C)CC3)c3ccccc23)cc1. The summed E-state index contributed by atoms with van der Waals surface area (Å²) >= 11 is 0. The number of nitrogens with one attached hydrogen (secondary N) is 1. The van der Waals surface area contributed by atoms with Gasteiger partial charge in [-0.1, -0.05) is 42.0 Å². The van der Waals surface area contributed by atoms with E-state index in [1.54, 1.807) is 12.1 Å². The van der Waals surface area contributed by atoms with Crippen molar-refractivity contribution in [3.05, 3.63) is 66.2 Å². The summed E-state index contributed by atoms with van der Waals surface area (Å²) in [6.45, 7) is 5.92. The molecule has 1 aliphatic rings. The fourth-order valence-electron chi connectivity index (χ4n) is 3.62. The highest BCUT2D eigenvalue weighted by atomic mass is 32.2. The van der Waals surface area contributed by atoms with Crippen molar-refractivity contribution in [2.75, 3.05) is 42.8 Å². The van der Waals surface area contributed by atoms with Gasteiger partial charge < -0.3 is 9.80 Å². The maximum absolute atomic E-state index is 12.9. The van der Waals surface area contributed by atoms with Gasteiger partial charge in [0.15, 0.2) is 0 Å². The first-order valence-electron chi connectivity index (χ1n) is 9.49. The Morgan fingerprint density at radius 2 is 1.46 bits per heavy atom. The zero-order chi connectivity index (χ0) is 19.7. The van der Waals surface area contributed by atoms with Crippen molar-refractivity contribution in [2.45, 2.75) is 11.8 Å². The Hall–Kier alpha value is -2.57. The molecule has 1 aliphatic heterocycles. The number of rotatable bonds is 4. The van der Waals surface area contributed by atoms with Gasteiger partial charge in [0.05, 0.1) is 10.6 Å². The molecule has 4 rings (SSSR count). The van der Waals surface area contributed by atoms with Crippen LogP contribution in [0.25, 0.3) is 10.8 Å². The van der Waals surface area contributed by atoms with Gasteiger partial charge in [-0.2, -0.15) is 0 Å². The van der Waals surface area contributed by atoms with Crippen molar-refractivity contribution in [1.82, 2.24) is 4.90 Å². The summed E-state index contributed by atoms with van der Waals surface area (Å²) in [5, 5.41) is 1.98. The van der Waals surface area contributed by atoms with E-state index >= 15 is 0 Å². The van der Waals surface area contributed by atoms with Crippen LogP contribution in [0.4, 0.5) is 11.4 Å². The molecule has 1 heterocycles. The number of benzene rings is 3. The van der Waals surface area contributed by atoms with Gasteiger partial charge in [-0.25, -0.2) is 8.42 Å². The Morgan fingerprint density at radius 1 is 0.821 bits per heavy atom. The van der Waals surface area contributed by atoms with E-state index in [-0.39, 0.29) is 4.90 Å². The Morgan fingerprint density at radius 3 is 2.14 bits per heavy atom. The molecule has 0 radical (unpaired) electrons. The molecule has 28 heavy (non-hydrogen) atoms.